The standard InChI is InChI=1S/C16H24N3O4S2/c1-10(2)7-12(8-17-14(21)23-16(4,5)6)13(20)19-25(22)15-18-11(3)9-24-15/h8-10,12H,7H2,1-6H3/q-1. The van der Waals surface area contributed by atoms with Crippen LogP contribution in [0, 0.1) is 18.8 Å². The van der Waals surface area contributed by atoms with Gasteiger partial charge < -0.3 is 13.3 Å². The van der Waals surface area contributed by atoms with Crippen LogP contribution in [0.2, 0.25) is 0 Å². The van der Waals surface area contributed by atoms with Crippen LogP contribution in [0.3, 0.4) is 0 Å². The first-order valence-corrected chi connectivity index (χ1v) is 9.83. The Morgan fingerprint density at radius 1 is 1.40 bits per heavy atom. The van der Waals surface area contributed by atoms with Gasteiger partial charge >= 0.3 is 6.09 Å². The Labute approximate surface area is 154 Å². The molecule has 0 radical (unpaired) electrons. The molecule has 9 heteroatoms. The normalized spacial score (nSPS) is 14.8. The third-order valence-corrected chi connectivity index (χ3v) is 4.92. The van der Waals surface area contributed by atoms with Crippen molar-refractivity contribution in [3.63, 3.8) is 0 Å². The zero-order valence-electron chi connectivity index (χ0n) is 15.3. The number of rotatable bonds is 5. The highest BCUT2D eigenvalue weighted by molar-refractivity contribution is 7.77. The van der Waals surface area contributed by atoms with Gasteiger partial charge in [-0.1, -0.05) is 13.8 Å². The lowest BCUT2D eigenvalue weighted by molar-refractivity contribution is -0.119. The Balaban J connectivity index is 2.92. The van der Waals surface area contributed by atoms with Gasteiger partial charge in [0.1, 0.15) is 5.60 Å². The van der Waals surface area contributed by atoms with Gasteiger partial charge in [-0.3, -0.25) is 9.78 Å². The summed E-state index contributed by atoms with van der Waals surface area (Å²) in [6.07, 6.45) is 0.887. The number of hydrogen-bond acceptors (Lipinski definition) is 7. The average Bonchev–Trinajstić information content (AvgIpc) is 2.87. The fourth-order valence-corrected chi connectivity index (χ4v) is 3.48. The Kier molecular flexibility index (Phi) is 7.88. The highest BCUT2D eigenvalue weighted by atomic mass is 32.2. The van der Waals surface area contributed by atoms with Gasteiger partial charge in [0.25, 0.3) is 0 Å². The number of hydrogen-bond donors (Lipinski definition) is 0. The summed E-state index contributed by atoms with van der Waals surface area (Å²) in [6, 6.07) is 0. The second kappa shape index (κ2) is 9.19. The molecule has 2 amide bonds. The molecule has 0 fully saturated rings. The number of amides is 2. The number of ether oxygens (including phenoxy) is 1. The molecule has 25 heavy (non-hydrogen) atoms. The van der Waals surface area contributed by atoms with E-state index in [0.717, 1.165) is 5.69 Å². The van der Waals surface area contributed by atoms with E-state index in [9.17, 15) is 13.8 Å². The highest BCUT2D eigenvalue weighted by Gasteiger charge is 2.19. The van der Waals surface area contributed by atoms with Gasteiger partial charge in [-0.15, -0.1) is 21.9 Å². The number of carbonyl (C=O) groups is 2. The van der Waals surface area contributed by atoms with Crippen LogP contribution in [0.25, 0.3) is 0 Å². The van der Waals surface area contributed by atoms with Crippen LogP contribution < -0.4 is 0 Å². The van der Waals surface area contributed by atoms with Crippen molar-refractivity contribution < 1.29 is 18.5 Å². The minimum atomic E-state index is -1.85. The maximum Gasteiger partial charge on any atom is 0.433 e. The maximum atomic E-state index is 12.3. The van der Waals surface area contributed by atoms with Crippen LogP contribution in [-0.4, -0.2) is 28.8 Å². The molecule has 1 unspecified atom stereocenters. The molecule has 0 spiro atoms. The van der Waals surface area contributed by atoms with Gasteiger partial charge in [0.05, 0.1) is 5.92 Å². The molecule has 7 nitrogen and oxygen atoms in total. The van der Waals surface area contributed by atoms with Gasteiger partial charge in [0.2, 0.25) is 5.91 Å². The summed E-state index contributed by atoms with van der Waals surface area (Å²) in [5.74, 6) is -1.16. The van der Waals surface area contributed by atoms with E-state index in [1.54, 1.807) is 33.1 Å². The summed E-state index contributed by atoms with van der Waals surface area (Å²) in [5, 5.41) is 1.74. The first-order chi connectivity index (χ1) is 11.5. The molecule has 0 aliphatic heterocycles. The lowest BCUT2D eigenvalue weighted by Crippen LogP contribution is -2.23. The zero-order valence-corrected chi connectivity index (χ0v) is 16.9. The van der Waals surface area contributed by atoms with Crippen LogP contribution in [0.1, 0.15) is 46.7 Å². The number of aryl methyl sites for hydroxylation is 1. The van der Waals surface area contributed by atoms with Crippen molar-refractivity contribution in [2.45, 2.75) is 57.9 Å². The van der Waals surface area contributed by atoms with Gasteiger partial charge in [-0.2, -0.15) is 4.99 Å². The lowest BCUT2D eigenvalue weighted by atomic mass is 9.98. The van der Waals surface area contributed by atoms with Crippen LogP contribution in [0.15, 0.2) is 19.1 Å². The van der Waals surface area contributed by atoms with E-state index < -0.39 is 34.1 Å². The van der Waals surface area contributed by atoms with Crippen molar-refractivity contribution in [1.82, 2.24) is 4.98 Å². The van der Waals surface area contributed by atoms with Crippen molar-refractivity contribution in [1.29, 1.82) is 0 Å². The molecular formula is C16H24N3O4S2-. The molecule has 0 saturated carbocycles. The summed E-state index contributed by atoms with van der Waals surface area (Å²) in [5.41, 5.74) is 0.0572. The number of thiazole rings is 1. The monoisotopic (exact) mass is 386 g/mol. The van der Waals surface area contributed by atoms with E-state index in [0.29, 0.717) is 6.42 Å². The van der Waals surface area contributed by atoms with Crippen molar-refractivity contribution in [3.8, 4) is 0 Å². The highest BCUT2D eigenvalue weighted by Crippen LogP contribution is 2.16. The van der Waals surface area contributed by atoms with Crippen molar-refractivity contribution >= 4 is 40.1 Å². The molecule has 1 rings (SSSR count). The molecule has 0 bridgehead atoms. The van der Waals surface area contributed by atoms with E-state index >= 15 is 0 Å². The van der Waals surface area contributed by atoms with Gasteiger partial charge in [-0.05, 0) is 40.0 Å². The maximum absolute atomic E-state index is 12.3. The second-order valence-electron chi connectivity index (χ2n) is 6.93. The lowest BCUT2D eigenvalue weighted by Gasteiger charge is -2.17. The average molecular weight is 387 g/mol. The molecule has 1 heterocycles. The van der Waals surface area contributed by atoms with Gasteiger partial charge in [0, 0.05) is 21.6 Å². The number of nitrogens with zero attached hydrogens (tertiary/aromatic N) is 3. The van der Waals surface area contributed by atoms with Crippen molar-refractivity contribution in [2.75, 3.05) is 0 Å². The predicted octanol–water partition coefficient (Wildman–Crippen LogP) is 4.15. The summed E-state index contributed by atoms with van der Waals surface area (Å²) >= 11 is 1.18. The molecule has 0 aromatic carbocycles. The first kappa shape index (κ1) is 21.4. The SMILES string of the molecule is Cc1csc([S-](=O)=NC(=O)C(C=NC(=O)OC(C)(C)C)CC(C)C)n1. The zero-order chi connectivity index (χ0) is 19.2. The second-order valence-corrected chi connectivity index (χ2v) is 9.11. The van der Waals surface area contributed by atoms with E-state index in [4.69, 9.17) is 4.74 Å². The smallest absolute Gasteiger partial charge is 0.433 e. The molecule has 1 aromatic rings. The number of aromatic nitrogens is 1. The fraction of sp³-hybridized carbons (Fsp3) is 0.625. The van der Waals surface area contributed by atoms with E-state index in [1.165, 1.54) is 17.6 Å². The van der Waals surface area contributed by atoms with E-state index in [1.807, 2.05) is 13.8 Å². The molecule has 1 atom stereocenters. The fourth-order valence-electron chi connectivity index (χ4n) is 1.77. The minimum absolute atomic E-state index is 0.171. The molecule has 0 N–H and O–H groups in total. The van der Waals surface area contributed by atoms with Gasteiger partial charge in [0.15, 0.2) is 0 Å². The molecule has 140 valence electrons. The largest absolute Gasteiger partial charge is 0.442 e. The topological polar surface area (TPSA) is 98.1 Å². The first-order valence-electron chi connectivity index (χ1n) is 7.84. The Morgan fingerprint density at radius 2 is 2.04 bits per heavy atom. The molecule has 0 saturated heterocycles. The Bertz CT molecular complexity index is 726. The van der Waals surface area contributed by atoms with E-state index in [-0.39, 0.29) is 10.3 Å². The molecule has 0 aliphatic carbocycles. The molecular weight excluding hydrogens is 362 g/mol. The summed E-state index contributed by atoms with van der Waals surface area (Å²) < 4.78 is 21.2. The van der Waals surface area contributed by atoms with Gasteiger partial charge in [-0.25, -0.2) is 4.79 Å². The van der Waals surface area contributed by atoms with Crippen LogP contribution in [0.4, 0.5) is 4.79 Å². The van der Waals surface area contributed by atoms with Crippen molar-refractivity contribution in [3.05, 3.63) is 11.1 Å². The third kappa shape index (κ3) is 8.35. The van der Waals surface area contributed by atoms with E-state index in [2.05, 4.69) is 14.3 Å². The van der Waals surface area contributed by atoms with Crippen LogP contribution in [0.5, 0.6) is 0 Å². The molecule has 0 aliphatic rings. The number of carbonyl (C=O) groups excluding carboxylic acids is 2. The molecule has 1 aromatic heterocycles. The number of aliphatic imine (C=N–C) groups is 1. The summed E-state index contributed by atoms with van der Waals surface area (Å²) in [7, 11) is -1.85. The van der Waals surface area contributed by atoms with Crippen molar-refractivity contribution in [2.24, 2.45) is 21.2 Å². The quantitative estimate of drug-likeness (QED) is 0.559. The Hall–Kier alpha value is -1.61. The third-order valence-electron chi connectivity index (χ3n) is 2.72. The predicted molar refractivity (Wildman–Crippen MR) is 98.3 cm³/mol. The summed E-state index contributed by atoms with van der Waals surface area (Å²) in [4.78, 5) is 31.8. The minimum Gasteiger partial charge on any atom is -0.442 e. The summed E-state index contributed by atoms with van der Waals surface area (Å²) in [6.45, 7) is 10.8. The Morgan fingerprint density at radius 3 is 2.52 bits per heavy atom. The van der Waals surface area contributed by atoms with Crippen LogP contribution in [-0.2, 0) is 24.3 Å². The van der Waals surface area contributed by atoms with Crippen LogP contribution >= 0.6 is 11.3 Å².